The van der Waals surface area contributed by atoms with Crippen molar-refractivity contribution in [3.8, 4) is 0 Å². The summed E-state index contributed by atoms with van der Waals surface area (Å²) >= 11 is 0. The molecule has 0 radical (unpaired) electrons. The van der Waals surface area contributed by atoms with E-state index < -0.39 is 138 Å². The van der Waals surface area contributed by atoms with Crippen molar-refractivity contribution in [1.82, 2.24) is 42.5 Å². The first-order chi connectivity index (χ1) is 30.7. The average molecular weight is 944 g/mol. The number of hydrogen-bond acceptors (Lipinski definition) is 15. The van der Waals surface area contributed by atoms with Gasteiger partial charge in [-0.3, -0.25) is 47.9 Å². The number of aliphatic hydroxyl groups excluding tert-OH is 1. The number of aliphatic carboxylic acids is 1. The third kappa shape index (κ3) is 23.8. The number of aliphatic hydroxyl groups is 1. The van der Waals surface area contributed by atoms with Gasteiger partial charge in [0.1, 0.15) is 48.3 Å². The molecule has 0 spiro atoms. The lowest BCUT2D eigenvalue weighted by Gasteiger charge is -2.27. The highest BCUT2D eigenvalue weighted by Gasteiger charge is 2.35. The molecule has 0 heterocycles. The van der Waals surface area contributed by atoms with E-state index in [1.54, 1.807) is 0 Å². The van der Waals surface area contributed by atoms with Crippen molar-refractivity contribution in [2.75, 3.05) is 13.1 Å². The maximum Gasteiger partial charge on any atom is 0.326 e. The molecule has 376 valence electrons. The van der Waals surface area contributed by atoms with E-state index in [1.807, 2.05) is 13.8 Å². The summed E-state index contributed by atoms with van der Waals surface area (Å²) in [6, 6.07) is -12.5. The smallest absolute Gasteiger partial charge is 0.326 e. The molecule has 0 aliphatic rings. The summed E-state index contributed by atoms with van der Waals surface area (Å²) in [6.07, 6.45) is -1.24. The van der Waals surface area contributed by atoms with E-state index in [1.165, 1.54) is 20.8 Å². The van der Waals surface area contributed by atoms with E-state index in [2.05, 4.69) is 42.5 Å². The molecule has 0 aliphatic heterocycles. The molecule has 0 saturated carbocycles. The summed E-state index contributed by atoms with van der Waals surface area (Å²) in [4.78, 5) is 141. The van der Waals surface area contributed by atoms with Crippen molar-refractivity contribution >= 4 is 65.0 Å². The monoisotopic (exact) mass is 944 g/mol. The van der Waals surface area contributed by atoms with Gasteiger partial charge in [0.15, 0.2) is 0 Å². The van der Waals surface area contributed by atoms with E-state index in [0.717, 1.165) is 6.92 Å². The van der Waals surface area contributed by atoms with Gasteiger partial charge in [0.05, 0.1) is 18.6 Å². The maximum atomic E-state index is 13.5. The Labute approximate surface area is 383 Å². The van der Waals surface area contributed by atoms with Crippen LogP contribution in [0.2, 0.25) is 0 Å². The van der Waals surface area contributed by atoms with Crippen molar-refractivity contribution in [2.45, 2.75) is 166 Å². The minimum absolute atomic E-state index is 0.0234. The Kier molecular flexibility index (Phi) is 28.2. The molecule has 0 aliphatic carbocycles. The van der Waals surface area contributed by atoms with E-state index >= 15 is 0 Å². The number of carboxylic acids is 1. The Bertz CT molecular complexity index is 1680. The summed E-state index contributed by atoms with van der Waals surface area (Å²) in [7, 11) is 0. The maximum absolute atomic E-state index is 13.5. The van der Waals surface area contributed by atoms with Gasteiger partial charge in [-0.05, 0) is 98.1 Å². The fourth-order valence-corrected chi connectivity index (χ4v) is 6.03. The molecule has 0 aromatic heterocycles. The molecule has 26 heteroatoms. The standard InChI is InChI=1S/C40H73N13O13/c1-19(2)17-27(51-32(57)20(3)43)37(62)49-24(11-7-9-15-41)35(60)46-21(4)33(58)48-25(13-14-29(44)55)36(61)47-22(5)34(59)53-31(23(6)54)39(64)52-28(18-30(45)56)38(63)50-26(40(65)66)12-8-10-16-42/h19-28,31,54H,7-18,41-43H2,1-6H3,(H2,44,55)(H2,45,56)(H,46,60)(H,47,61)(H,48,58)(H,49,62)(H,50,63)(H,51,57)(H,52,64)(H,53,59)(H,65,66)/t20-,21-,22-,23+,24-,25-,26-,27-,28-,31-/m0/s1. The SMILES string of the molecule is CC(C)C[C@H](NC(=O)[C@H](C)N)C(=O)N[C@@H](CCCCN)C(=O)N[C@@H](C)C(=O)N[C@@H](CCC(N)=O)C(=O)N[C@@H](C)C(=O)N[C@H](C(=O)N[C@@H](CC(N)=O)C(=O)N[C@@H](CCCCN)C(=O)O)[C@@H](C)O. The van der Waals surface area contributed by atoms with Crippen LogP contribution in [0.1, 0.15) is 106 Å². The Hall–Kier alpha value is -5.99. The van der Waals surface area contributed by atoms with Crippen LogP contribution in [-0.4, -0.2) is 149 Å². The number of nitrogens with one attached hydrogen (secondary N) is 8. The molecule has 26 nitrogen and oxygen atoms in total. The van der Waals surface area contributed by atoms with Crippen LogP contribution < -0.4 is 71.2 Å². The zero-order valence-corrected chi connectivity index (χ0v) is 38.6. The summed E-state index contributed by atoms with van der Waals surface area (Å²) < 4.78 is 0. The molecule has 0 unspecified atom stereocenters. The van der Waals surface area contributed by atoms with Gasteiger partial charge in [0, 0.05) is 6.42 Å². The molecule has 20 N–H and O–H groups in total. The lowest BCUT2D eigenvalue weighted by molar-refractivity contribution is -0.143. The largest absolute Gasteiger partial charge is 0.480 e. The number of amides is 10. The van der Waals surface area contributed by atoms with Crippen LogP contribution in [0.4, 0.5) is 0 Å². The number of carbonyl (C=O) groups is 11. The highest BCUT2D eigenvalue weighted by molar-refractivity contribution is 5.98. The van der Waals surface area contributed by atoms with Gasteiger partial charge >= 0.3 is 5.97 Å². The molecule has 0 fully saturated rings. The second-order valence-electron chi connectivity index (χ2n) is 16.5. The van der Waals surface area contributed by atoms with Gasteiger partial charge in [-0.25, -0.2) is 4.79 Å². The average Bonchev–Trinajstić information content (AvgIpc) is 3.21. The molecule has 10 amide bonds. The van der Waals surface area contributed by atoms with Crippen LogP contribution in [-0.2, 0) is 52.7 Å². The van der Waals surface area contributed by atoms with Gasteiger partial charge < -0.3 is 81.4 Å². The number of hydrogen-bond donors (Lipinski definition) is 15. The predicted octanol–water partition coefficient (Wildman–Crippen LogP) is -5.84. The van der Waals surface area contributed by atoms with E-state index in [9.17, 15) is 63.0 Å². The van der Waals surface area contributed by atoms with Crippen LogP contribution in [0.3, 0.4) is 0 Å². The molecular formula is C40H73N13O13. The second-order valence-corrected chi connectivity index (χ2v) is 16.5. The molecular weight excluding hydrogens is 871 g/mol. The Morgan fingerprint density at radius 1 is 0.470 bits per heavy atom. The zero-order valence-electron chi connectivity index (χ0n) is 38.6. The molecule has 0 aromatic carbocycles. The van der Waals surface area contributed by atoms with Gasteiger partial charge in [-0.1, -0.05) is 13.8 Å². The van der Waals surface area contributed by atoms with Gasteiger partial charge in [0.2, 0.25) is 59.1 Å². The van der Waals surface area contributed by atoms with E-state index in [4.69, 9.17) is 28.7 Å². The Morgan fingerprint density at radius 3 is 1.32 bits per heavy atom. The van der Waals surface area contributed by atoms with Crippen molar-refractivity contribution in [1.29, 1.82) is 0 Å². The van der Waals surface area contributed by atoms with Gasteiger partial charge in [-0.2, -0.15) is 0 Å². The van der Waals surface area contributed by atoms with Crippen LogP contribution in [0, 0.1) is 5.92 Å². The Balaban J connectivity index is 6.06. The first kappa shape index (κ1) is 60.0. The summed E-state index contributed by atoms with van der Waals surface area (Å²) in [6.45, 7) is 9.22. The molecule has 0 saturated heterocycles. The number of unbranched alkanes of at least 4 members (excludes halogenated alkanes) is 2. The number of carboxylic acid groups (broad SMARTS) is 1. The normalized spacial score (nSPS) is 15.6. The minimum atomic E-state index is -1.81. The van der Waals surface area contributed by atoms with E-state index in [0.29, 0.717) is 32.2 Å². The first-order valence-corrected chi connectivity index (χ1v) is 21.8. The minimum Gasteiger partial charge on any atom is -0.480 e. The molecule has 0 bridgehead atoms. The van der Waals surface area contributed by atoms with Crippen molar-refractivity contribution in [3.63, 3.8) is 0 Å². The number of primary amides is 2. The number of rotatable bonds is 33. The highest BCUT2D eigenvalue weighted by atomic mass is 16.4. The quantitative estimate of drug-likeness (QED) is 0.0273. The number of carbonyl (C=O) groups excluding carboxylic acids is 10. The van der Waals surface area contributed by atoms with Crippen molar-refractivity contribution in [3.05, 3.63) is 0 Å². The number of nitrogens with two attached hydrogens (primary N) is 5. The summed E-state index contributed by atoms with van der Waals surface area (Å²) in [5.74, 6) is -10.7. The topological polar surface area (TPSA) is 455 Å². The van der Waals surface area contributed by atoms with Crippen LogP contribution in [0.5, 0.6) is 0 Å². The fraction of sp³-hybridized carbons (Fsp3) is 0.725. The van der Waals surface area contributed by atoms with Crippen LogP contribution >= 0.6 is 0 Å². The summed E-state index contributed by atoms with van der Waals surface area (Å²) in [5.41, 5.74) is 27.3. The van der Waals surface area contributed by atoms with Crippen molar-refractivity contribution < 1.29 is 63.0 Å². The lowest BCUT2D eigenvalue weighted by Crippen LogP contribution is -2.61. The highest BCUT2D eigenvalue weighted by Crippen LogP contribution is 2.09. The van der Waals surface area contributed by atoms with Gasteiger partial charge in [-0.15, -0.1) is 0 Å². The van der Waals surface area contributed by atoms with Crippen LogP contribution in [0.25, 0.3) is 0 Å². The molecule has 0 aromatic rings. The van der Waals surface area contributed by atoms with Gasteiger partial charge in [0.25, 0.3) is 0 Å². The first-order valence-electron chi connectivity index (χ1n) is 21.8. The molecule has 0 rings (SSSR count). The van der Waals surface area contributed by atoms with Crippen molar-refractivity contribution in [2.24, 2.45) is 34.6 Å². The Morgan fingerprint density at radius 2 is 0.879 bits per heavy atom. The molecule has 10 atom stereocenters. The third-order valence-electron chi connectivity index (χ3n) is 9.81. The molecule has 66 heavy (non-hydrogen) atoms. The third-order valence-corrected chi connectivity index (χ3v) is 9.81. The predicted molar refractivity (Wildman–Crippen MR) is 237 cm³/mol. The zero-order chi connectivity index (χ0) is 50.8. The van der Waals surface area contributed by atoms with Crippen LogP contribution in [0.15, 0.2) is 0 Å². The lowest BCUT2D eigenvalue weighted by atomic mass is 10.0. The van der Waals surface area contributed by atoms with E-state index in [-0.39, 0.29) is 38.1 Å². The second kappa shape index (κ2) is 31.0. The fourth-order valence-electron chi connectivity index (χ4n) is 6.03. The summed E-state index contributed by atoms with van der Waals surface area (Å²) in [5, 5.41) is 39.0.